The lowest BCUT2D eigenvalue weighted by Crippen LogP contribution is -2.45. The number of thioether (sulfide) groups is 1. The molecular weight excluding hydrogens is 350 g/mol. The SMILES string of the molecule is C[C@@H]1C[C@H](C)CN(C(=O)[C@H](C)Sc2nnc(C3CC3)n2CCC(N)=O)C1. The minimum atomic E-state index is -0.336. The zero-order chi connectivity index (χ0) is 18.8. The maximum Gasteiger partial charge on any atom is 0.235 e. The van der Waals surface area contributed by atoms with Crippen LogP contribution in [0.3, 0.4) is 0 Å². The van der Waals surface area contributed by atoms with Crippen molar-refractivity contribution in [2.45, 2.75) is 69.3 Å². The molecule has 2 fully saturated rings. The number of primary amides is 1. The van der Waals surface area contributed by atoms with Gasteiger partial charge in [0.2, 0.25) is 11.8 Å². The van der Waals surface area contributed by atoms with Crippen LogP contribution in [0.4, 0.5) is 0 Å². The highest BCUT2D eigenvalue weighted by Crippen LogP contribution is 2.40. The first-order valence-corrected chi connectivity index (χ1v) is 10.4. The van der Waals surface area contributed by atoms with Crippen LogP contribution in [0.1, 0.15) is 58.2 Å². The molecule has 0 bridgehead atoms. The van der Waals surface area contributed by atoms with Crippen LogP contribution in [0, 0.1) is 11.8 Å². The van der Waals surface area contributed by atoms with E-state index in [9.17, 15) is 9.59 Å². The van der Waals surface area contributed by atoms with Crippen molar-refractivity contribution < 1.29 is 9.59 Å². The predicted octanol–water partition coefficient (Wildman–Crippen LogP) is 2.02. The largest absolute Gasteiger partial charge is 0.370 e. The van der Waals surface area contributed by atoms with Gasteiger partial charge in [0.1, 0.15) is 5.82 Å². The van der Waals surface area contributed by atoms with Gasteiger partial charge in [-0.2, -0.15) is 0 Å². The summed E-state index contributed by atoms with van der Waals surface area (Å²) >= 11 is 1.44. The van der Waals surface area contributed by atoms with E-state index >= 15 is 0 Å². The first-order valence-electron chi connectivity index (χ1n) is 9.52. The van der Waals surface area contributed by atoms with Gasteiger partial charge in [-0.3, -0.25) is 9.59 Å². The molecule has 1 saturated carbocycles. The Kier molecular flexibility index (Phi) is 5.89. The molecule has 3 rings (SSSR count). The highest BCUT2D eigenvalue weighted by molar-refractivity contribution is 8.00. The lowest BCUT2D eigenvalue weighted by Gasteiger charge is -2.36. The smallest absolute Gasteiger partial charge is 0.235 e. The van der Waals surface area contributed by atoms with Crippen LogP contribution in [-0.2, 0) is 16.1 Å². The summed E-state index contributed by atoms with van der Waals surface area (Å²) in [6.45, 7) is 8.48. The summed E-state index contributed by atoms with van der Waals surface area (Å²) in [5.74, 6) is 2.26. The van der Waals surface area contributed by atoms with Crippen molar-refractivity contribution in [3.8, 4) is 0 Å². The Morgan fingerprint density at radius 1 is 1.23 bits per heavy atom. The molecule has 0 spiro atoms. The number of likely N-dealkylation sites (tertiary alicyclic amines) is 1. The van der Waals surface area contributed by atoms with Gasteiger partial charge in [-0.25, -0.2) is 0 Å². The van der Waals surface area contributed by atoms with E-state index in [2.05, 4.69) is 24.0 Å². The Bertz CT molecular complexity index is 663. The van der Waals surface area contributed by atoms with Crippen molar-refractivity contribution in [2.75, 3.05) is 13.1 Å². The monoisotopic (exact) mass is 379 g/mol. The fourth-order valence-electron chi connectivity index (χ4n) is 3.77. The second-order valence-corrected chi connectivity index (χ2v) is 9.24. The Labute approximate surface area is 159 Å². The van der Waals surface area contributed by atoms with E-state index in [0.717, 1.165) is 31.8 Å². The first kappa shape index (κ1) is 19.2. The van der Waals surface area contributed by atoms with Gasteiger partial charge in [0.15, 0.2) is 5.16 Å². The van der Waals surface area contributed by atoms with E-state index in [1.54, 1.807) is 0 Å². The maximum atomic E-state index is 12.9. The highest BCUT2D eigenvalue weighted by atomic mass is 32.2. The number of piperidine rings is 1. The van der Waals surface area contributed by atoms with Gasteiger partial charge in [0.05, 0.1) is 5.25 Å². The molecule has 2 heterocycles. The molecule has 26 heavy (non-hydrogen) atoms. The van der Waals surface area contributed by atoms with E-state index in [1.807, 2.05) is 16.4 Å². The second kappa shape index (κ2) is 7.98. The number of hydrogen-bond acceptors (Lipinski definition) is 5. The summed E-state index contributed by atoms with van der Waals surface area (Å²) in [5, 5.41) is 9.12. The van der Waals surface area contributed by atoms with Gasteiger partial charge in [0.25, 0.3) is 0 Å². The molecule has 2 N–H and O–H groups in total. The van der Waals surface area contributed by atoms with Crippen LogP contribution in [0.25, 0.3) is 0 Å². The lowest BCUT2D eigenvalue weighted by atomic mass is 9.92. The summed E-state index contributed by atoms with van der Waals surface area (Å²) in [4.78, 5) is 26.1. The van der Waals surface area contributed by atoms with Crippen molar-refractivity contribution >= 4 is 23.6 Å². The third-order valence-corrected chi connectivity index (χ3v) is 6.15. The van der Waals surface area contributed by atoms with Crippen LogP contribution in [-0.4, -0.2) is 49.8 Å². The molecule has 1 aliphatic carbocycles. The van der Waals surface area contributed by atoms with Crippen molar-refractivity contribution in [2.24, 2.45) is 17.6 Å². The molecule has 144 valence electrons. The van der Waals surface area contributed by atoms with Crippen molar-refractivity contribution in [1.29, 1.82) is 0 Å². The molecule has 1 aromatic heterocycles. The van der Waals surface area contributed by atoms with Crippen LogP contribution in [0.5, 0.6) is 0 Å². The van der Waals surface area contributed by atoms with Crippen molar-refractivity contribution in [3.63, 3.8) is 0 Å². The topological polar surface area (TPSA) is 94.1 Å². The van der Waals surface area contributed by atoms with Crippen LogP contribution >= 0.6 is 11.8 Å². The summed E-state index contributed by atoms with van der Waals surface area (Å²) in [5.41, 5.74) is 5.31. The van der Waals surface area contributed by atoms with E-state index in [0.29, 0.717) is 29.5 Å². The second-order valence-electron chi connectivity index (χ2n) is 7.93. The van der Waals surface area contributed by atoms with Gasteiger partial charge in [-0.1, -0.05) is 25.6 Å². The molecule has 1 saturated heterocycles. The quantitative estimate of drug-likeness (QED) is 0.732. The van der Waals surface area contributed by atoms with Gasteiger partial charge in [-0.05, 0) is 38.0 Å². The molecule has 8 heteroatoms. The fraction of sp³-hybridized carbons (Fsp3) is 0.778. The van der Waals surface area contributed by atoms with E-state index < -0.39 is 0 Å². The average Bonchev–Trinajstić information content (AvgIpc) is 3.33. The van der Waals surface area contributed by atoms with Crippen LogP contribution < -0.4 is 5.73 Å². The van der Waals surface area contributed by atoms with Gasteiger partial charge >= 0.3 is 0 Å². The van der Waals surface area contributed by atoms with Gasteiger partial charge in [0, 0.05) is 32.0 Å². The molecule has 0 unspecified atom stereocenters. The molecule has 2 amide bonds. The molecule has 1 aliphatic heterocycles. The highest BCUT2D eigenvalue weighted by Gasteiger charge is 2.33. The standard InChI is InChI=1S/C18H29N5O2S/c1-11-8-12(2)10-22(9-11)17(25)13(3)26-18-21-20-16(14-4-5-14)23(18)7-6-15(19)24/h11-14H,4-10H2,1-3H3,(H2,19,24)/t11-,12+,13-/m0/s1. The molecular formula is C18H29N5O2S. The van der Waals surface area contributed by atoms with Crippen LogP contribution in [0.2, 0.25) is 0 Å². The number of rotatable bonds is 7. The summed E-state index contributed by atoms with van der Waals surface area (Å²) in [6, 6.07) is 0. The summed E-state index contributed by atoms with van der Waals surface area (Å²) < 4.78 is 1.98. The average molecular weight is 380 g/mol. The third kappa shape index (κ3) is 4.58. The number of carbonyl (C=O) groups is 2. The van der Waals surface area contributed by atoms with Crippen LogP contribution in [0.15, 0.2) is 5.16 Å². The summed E-state index contributed by atoms with van der Waals surface area (Å²) in [7, 11) is 0. The van der Waals surface area contributed by atoms with Crippen molar-refractivity contribution in [1.82, 2.24) is 19.7 Å². The fourth-order valence-corrected chi connectivity index (χ4v) is 4.74. The Balaban J connectivity index is 1.69. The zero-order valence-corrected chi connectivity index (χ0v) is 16.7. The Hall–Kier alpha value is -1.57. The van der Waals surface area contributed by atoms with E-state index in [4.69, 9.17) is 5.73 Å². The number of carbonyl (C=O) groups excluding carboxylic acids is 2. The Morgan fingerprint density at radius 3 is 2.46 bits per heavy atom. The zero-order valence-electron chi connectivity index (χ0n) is 15.9. The van der Waals surface area contributed by atoms with E-state index in [1.165, 1.54) is 18.2 Å². The number of amides is 2. The Morgan fingerprint density at radius 2 is 1.88 bits per heavy atom. The number of nitrogens with two attached hydrogens (primary N) is 1. The predicted molar refractivity (Wildman–Crippen MR) is 101 cm³/mol. The summed E-state index contributed by atoms with van der Waals surface area (Å²) in [6.07, 6.45) is 3.65. The third-order valence-electron chi connectivity index (χ3n) is 5.08. The van der Waals surface area contributed by atoms with Crippen molar-refractivity contribution in [3.05, 3.63) is 5.82 Å². The lowest BCUT2D eigenvalue weighted by molar-refractivity contribution is -0.133. The van der Waals surface area contributed by atoms with Gasteiger partial charge < -0.3 is 15.2 Å². The first-order chi connectivity index (χ1) is 12.3. The van der Waals surface area contributed by atoms with Gasteiger partial charge in [-0.15, -0.1) is 10.2 Å². The molecule has 2 aliphatic rings. The number of aromatic nitrogens is 3. The maximum absolute atomic E-state index is 12.9. The molecule has 7 nitrogen and oxygen atoms in total. The molecule has 0 radical (unpaired) electrons. The molecule has 3 atom stereocenters. The number of hydrogen-bond donors (Lipinski definition) is 1. The normalized spacial score (nSPS) is 24.5. The minimum Gasteiger partial charge on any atom is -0.370 e. The van der Waals surface area contributed by atoms with E-state index in [-0.39, 0.29) is 23.5 Å². The molecule has 0 aromatic carbocycles. The minimum absolute atomic E-state index is 0.158. The number of nitrogens with zero attached hydrogens (tertiary/aromatic N) is 4. The molecule has 1 aromatic rings.